The van der Waals surface area contributed by atoms with E-state index in [0.29, 0.717) is 0 Å². The molecule has 0 amide bonds. The smallest absolute Gasteiger partial charge is 0.726 e. The van der Waals surface area contributed by atoms with Gasteiger partial charge in [0.05, 0.1) is 6.61 Å². The Morgan fingerprint density at radius 1 is 0.846 bits per heavy atom. The van der Waals surface area contributed by atoms with Gasteiger partial charge >= 0.3 is 51.4 Å². The van der Waals surface area contributed by atoms with Gasteiger partial charge in [0, 0.05) is 5.92 Å². The number of allylic oxidation sites excluding steroid dienone is 1. The molecule has 150 valence electrons. The molecule has 1 atom stereocenters. The van der Waals surface area contributed by atoms with Gasteiger partial charge < -0.3 is 4.55 Å². The molecule has 0 aromatic heterocycles. The molecule has 0 radical (unpaired) electrons. The van der Waals surface area contributed by atoms with Gasteiger partial charge in [-0.1, -0.05) is 96.6 Å². The fourth-order valence-electron chi connectivity index (χ4n) is 2.92. The Hall–Kier alpha value is 1.25. The Morgan fingerprint density at radius 3 is 1.88 bits per heavy atom. The van der Waals surface area contributed by atoms with E-state index in [4.69, 9.17) is 0 Å². The normalized spacial score (nSPS) is 13.0. The third-order valence-corrected chi connectivity index (χ3v) is 4.91. The molecular formula is C20H39KO4S. The molecule has 26 heavy (non-hydrogen) atoms. The van der Waals surface area contributed by atoms with E-state index in [0.717, 1.165) is 25.7 Å². The third-order valence-electron chi connectivity index (χ3n) is 4.49. The second kappa shape index (κ2) is 21.0. The van der Waals surface area contributed by atoms with Crippen molar-refractivity contribution in [1.29, 1.82) is 0 Å². The van der Waals surface area contributed by atoms with Gasteiger partial charge in [-0.15, -0.1) is 0 Å². The molecule has 1 unspecified atom stereocenters. The molecule has 0 spiro atoms. The van der Waals surface area contributed by atoms with Crippen molar-refractivity contribution in [3.05, 3.63) is 12.2 Å². The van der Waals surface area contributed by atoms with Crippen LogP contribution in [0.2, 0.25) is 0 Å². The van der Waals surface area contributed by atoms with Crippen LogP contribution in [0.15, 0.2) is 12.2 Å². The number of unbranched alkanes of at least 4 members (excludes halogenated alkanes) is 11. The van der Waals surface area contributed by atoms with Crippen molar-refractivity contribution in [3.63, 3.8) is 0 Å². The fourth-order valence-corrected chi connectivity index (χ4v) is 3.27. The largest absolute Gasteiger partial charge is 1.00 e. The van der Waals surface area contributed by atoms with E-state index in [9.17, 15) is 13.0 Å². The van der Waals surface area contributed by atoms with Crippen molar-refractivity contribution in [3.8, 4) is 0 Å². The maximum atomic E-state index is 10.7. The molecule has 0 aliphatic rings. The fraction of sp³-hybridized carbons (Fsp3) is 0.900. The summed E-state index contributed by atoms with van der Waals surface area (Å²) in [5, 5.41) is 0. The van der Waals surface area contributed by atoms with E-state index in [1.54, 1.807) is 0 Å². The first-order valence-electron chi connectivity index (χ1n) is 10.3. The quantitative estimate of drug-likeness (QED) is 0.114. The molecule has 0 saturated heterocycles. The minimum absolute atomic E-state index is 0. The first-order valence-corrected chi connectivity index (χ1v) is 11.6. The zero-order chi connectivity index (χ0) is 18.8. The molecule has 0 fully saturated rings. The Kier molecular flexibility index (Phi) is 23.7. The van der Waals surface area contributed by atoms with Gasteiger partial charge in [0.2, 0.25) is 10.4 Å². The summed E-state index contributed by atoms with van der Waals surface area (Å²) in [4.78, 5) is 0. The topological polar surface area (TPSA) is 66.4 Å². The number of hydrogen-bond acceptors (Lipinski definition) is 4. The SMILES string of the molecule is CCCCCCCCC/C=C/C(CCCCCCC)COS(=O)(=O)[O-].[K+]. The first-order chi connectivity index (χ1) is 12.0. The van der Waals surface area contributed by atoms with E-state index in [1.165, 1.54) is 64.2 Å². The Morgan fingerprint density at radius 2 is 1.35 bits per heavy atom. The molecule has 6 heteroatoms. The van der Waals surface area contributed by atoms with Crippen LogP contribution in [0.5, 0.6) is 0 Å². The van der Waals surface area contributed by atoms with Gasteiger partial charge in [-0.25, -0.2) is 8.42 Å². The summed E-state index contributed by atoms with van der Waals surface area (Å²) in [5.74, 6) is 0.0231. The molecule has 0 aliphatic carbocycles. The average molecular weight is 415 g/mol. The Bertz CT molecular complexity index is 410. The molecule has 0 aromatic rings. The summed E-state index contributed by atoms with van der Waals surface area (Å²) in [7, 11) is -4.59. The summed E-state index contributed by atoms with van der Waals surface area (Å²) in [6.07, 6.45) is 20.9. The second-order valence-corrected chi connectivity index (χ2v) is 8.05. The van der Waals surface area contributed by atoms with Gasteiger partial charge in [0.15, 0.2) is 0 Å². The molecule has 0 N–H and O–H groups in total. The Labute approximate surface area is 205 Å². The number of rotatable bonds is 18. The van der Waals surface area contributed by atoms with Crippen LogP contribution in [0.3, 0.4) is 0 Å². The molecule has 0 bridgehead atoms. The van der Waals surface area contributed by atoms with Crippen molar-refractivity contribution in [2.75, 3.05) is 6.61 Å². The zero-order valence-corrected chi connectivity index (χ0v) is 21.3. The summed E-state index contributed by atoms with van der Waals surface area (Å²) < 4.78 is 36.5. The molecular weight excluding hydrogens is 375 g/mol. The van der Waals surface area contributed by atoms with Crippen LogP contribution in [0.4, 0.5) is 0 Å². The van der Waals surface area contributed by atoms with Crippen molar-refractivity contribution in [1.82, 2.24) is 0 Å². The predicted molar refractivity (Wildman–Crippen MR) is 104 cm³/mol. The van der Waals surface area contributed by atoms with Gasteiger partial charge in [-0.3, -0.25) is 4.18 Å². The summed E-state index contributed by atoms with van der Waals surface area (Å²) >= 11 is 0. The second-order valence-electron chi connectivity index (χ2n) is 6.99. The predicted octanol–water partition coefficient (Wildman–Crippen LogP) is 3.14. The summed E-state index contributed by atoms with van der Waals surface area (Å²) in [6, 6.07) is 0. The average Bonchev–Trinajstić information content (AvgIpc) is 2.56. The standard InChI is InChI=1S/C20H40O4S.K/c1-3-5-7-9-10-11-12-14-16-18-20(19-24-25(21,22)23)17-15-13-8-6-4-2;/h16,18,20H,3-15,17,19H2,1-2H3,(H,21,22,23);/q;+1/p-1/b18-16+;. The summed E-state index contributed by atoms with van der Waals surface area (Å²) in [5.41, 5.74) is 0. The van der Waals surface area contributed by atoms with Crippen LogP contribution in [0, 0.1) is 5.92 Å². The molecule has 0 aliphatic heterocycles. The van der Waals surface area contributed by atoms with Crippen molar-refractivity contribution >= 4 is 10.4 Å². The van der Waals surface area contributed by atoms with Crippen LogP contribution in [0.25, 0.3) is 0 Å². The minimum Gasteiger partial charge on any atom is -0.726 e. The van der Waals surface area contributed by atoms with Gasteiger partial charge in [-0.2, -0.15) is 0 Å². The monoisotopic (exact) mass is 414 g/mol. The first kappa shape index (κ1) is 29.4. The van der Waals surface area contributed by atoms with Gasteiger partial charge in [-0.05, 0) is 19.3 Å². The van der Waals surface area contributed by atoms with Crippen LogP contribution < -0.4 is 51.4 Å². The minimum atomic E-state index is -4.59. The third kappa shape index (κ3) is 23.3. The van der Waals surface area contributed by atoms with E-state index in [-0.39, 0.29) is 63.9 Å². The van der Waals surface area contributed by atoms with Gasteiger partial charge in [0.25, 0.3) is 0 Å². The van der Waals surface area contributed by atoms with Crippen molar-refractivity contribution in [2.45, 2.75) is 104 Å². The summed E-state index contributed by atoms with van der Waals surface area (Å²) in [6.45, 7) is 4.39. The van der Waals surface area contributed by atoms with Crippen LogP contribution in [0.1, 0.15) is 104 Å². The Balaban J connectivity index is 0. The maximum absolute atomic E-state index is 10.7. The molecule has 0 heterocycles. The van der Waals surface area contributed by atoms with E-state index in [2.05, 4.69) is 24.1 Å². The van der Waals surface area contributed by atoms with E-state index >= 15 is 0 Å². The van der Waals surface area contributed by atoms with E-state index < -0.39 is 10.4 Å². The molecule has 0 rings (SSSR count). The molecule has 4 nitrogen and oxygen atoms in total. The van der Waals surface area contributed by atoms with Crippen LogP contribution in [-0.2, 0) is 14.6 Å². The zero-order valence-electron chi connectivity index (χ0n) is 17.4. The van der Waals surface area contributed by atoms with Crippen molar-refractivity contribution < 1.29 is 68.5 Å². The van der Waals surface area contributed by atoms with Crippen LogP contribution in [-0.4, -0.2) is 19.6 Å². The molecule has 0 saturated carbocycles. The van der Waals surface area contributed by atoms with E-state index in [1.807, 2.05) is 6.08 Å². The van der Waals surface area contributed by atoms with Gasteiger partial charge in [0.1, 0.15) is 0 Å². The molecule has 0 aromatic carbocycles. The van der Waals surface area contributed by atoms with Crippen LogP contribution >= 0.6 is 0 Å². The maximum Gasteiger partial charge on any atom is 1.00 e. The number of hydrogen-bond donors (Lipinski definition) is 0. The van der Waals surface area contributed by atoms with Crippen molar-refractivity contribution in [2.24, 2.45) is 5.92 Å².